The van der Waals surface area contributed by atoms with Crippen LogP contribution >= 0.6 is 0 Å². The summed E-state index contributed by atoms with van der Waals surface area (Å²) in [6, 6.07) is 0. The Morgan fingerprint density at radius 1 is 0.256 bits per heavy atom. The van der Waals surface area contributed by atoms with Gasteiger partial charge in [0, 0.05) is 19.3 Å². The molecule has 6 heteroatoms. The first-order valence-corrected chi connectivity index (χ1v) is 36.3. The van der Waals surface area contributed by atoms with Crippen molar-refractivity contribution in [2.45, 2.75) is 393 Å². The molecule has 0 aliphatic rings. The van der Waals surface area contributed by atoms with Crippen LogP contribution in [0.15, 0.2) is 60.8 Å². The predicted molar refractivity (Wildman–Crippen MR) is 358 cm³/mol. The fraction of sp³-hybridized carbons (Fsp3) is 0.829. The van der Waals surface area contributed by atoms with Gasteiger partial charge in [0.25, 0.3) is 0 Å². The molecule has 0 aromatic heterocycles. The maximum Gasteiger partial charge on any atom is 0.306 e. The summed E-state index contributed by atoms with van der Waals surface area (Å²) in [5.41, 5.74) is 0. The second-order valence-electron chi connectivity index (χ2n) is 24.5. The predicted octanol–water partition coefficient (Wildman–Crippen LogP) is 25.1. The van der Waals surface area contributed by atoms with Crippen LogP contribution in [0, 0.1) is 0 Å². The molecule has 0 aromatic rings. The molecule has 0 fully saturated rings. The minimum absolute atomic E-state index is 0.0684. The first-order chi connectivity index (χ1) is 40.5. The summed E-state index contributed by atoms with van der Waals surface area (Å²) < 4.78 is 17.0. The van der Waals surface area contributed by atoms with Gasteiger partial charge in [-0.15, -0.1) is 0 Å². The molecule has 0 heterocycles. The Morgan fingerprint density at radius 2 is 0.476 bits per heavy atom. The summed E-state index contributed by atoms with van der Waals surface area (Å²) >= 11 is 0. The minimum Gasteiger partial charge on any atom is -0.462 e. The highest BCUT2D eigenvalue weighted by molar-refractivity contribution is 5.71. The zero-order valence-electron chi connectivity index (χ0n) is 55.0. The number of hydrogen-bond donors (Lipinski definition) is 0. The van der Waals surface area contributed by atoms with E-state index in [0.717, 1.165) is 83.5 Å². The normalized spacial score (nSPS) is 12.4. The van der Waals surface area contributed by atoms with Crippen molar-refractivity contribution in [1.82, 2.24) is 0 Å². The Balaban J connectivity index is 4.08. The van der Waals surface area contributed by atoms with Gasteiger partial charge in [-0.1, -0.05) is 345 Å². The molecule has 0 amide bonds. The van der Waals surface area contributed by atoms with Crippen molar-refractivity contribution in [3.8, 4) is 0 Å². The van der Waals surface area contributed by atoms with Gasteiger partial charge in [-0.25, -0.2) is 0 Å². The average Bonchev–Trinajstić information content (AvgIpc) is 3.48. The zero-order valence-corrected chi connectivity index (χ0v) is 55.0. The Morgan fingerprint density at radius 3 is 0.756 bits per heavy atom. The van der Waals surface area contributed by atoms with Gasteiger partial charge in [0.15, 0.2) is 6.10 Å². The number of allylic oxidation sites excluding steroid dienone is 10. The van der Waals surface area contributed by atoms with Crippen LogP contribution in [0.5, 0.6) is 0 Å². The third-order valence-corrected chi connectivity index (χ3v) is 16.3. The molecule has 0 aromatic carbocycles. The Kier molecular flexibility index (Phi) is 68.1. The van der Waals surface area contributed by atoms with Crippen molar-refractivity contribution in [2.24, 2.45) is 0 Å². The maximum absolute atomic E-state index is 12.9. The van der Waals surface area contributed by atoms with E-state index in [2.05, 4.69) is 81.5 Å². The Labute approximate surface area is 510 Å². The molecule has 0 N–H and O–H groups in total. The molecular formula is C76H138O6. The van der Waals surface area contributed by atoms with Crippen molar-refractivity contribution in [1.29, 1.82) is 0 Å². The molecule has 0 saturated carbocycles. The Bertz CT molecular complexity index is 1460. The SMILES string of the molecule is CC/C=C\C/C=C\C/C=C\C/C=C\CCCCCCCCCCCCCCCCCCCCCCC(=O)OCC(COC(=O)CCCCCCCCCCCC)OC(=O)CCCCCCCCCCC/C=C\CCCCCCCCCC. The lowest BCUT2D eigenvalue weighted by molar-refractivity contribution is -0.167. The molecule has 0 saturated heterocycles. The second-order valence-corrected chi connectivity index (χ2v) is 24.5. The third kappa shape index (κ3) is 67.9. The molecule has 6 nitrogen and oxygen atoms in total. The molecule has 478 valence electrons. The van der Waals surface area contributed by atoms with Crippen LogP contribution in [0.1, 0.15) is 387 Å². The van der Waals surface area contributed by atoms with Crippen molar-refractivity contribution < 1.29 is 28.6 Å². The van der Waals surface area contributed by atoms with E-state index in [1.54, 1.807) is 0 Å². The van der Waals surface area contributed by atoms with E-state index in [4.69, 9.17) is 14.2 Å². The van der Waals surface area contributed by atoms with Crippen molar-refractivity contribution in [3.05, 3.63) is 60.8 Å². The molecule has 0 bridgehead atoms. The van der Waals surface area contributed by atoms with Gasteiger partial charge in [-0.2, -0.15) is 0 Å². The largest absolute Gasteiger partial charge is 0.462 e. The quantitative estimate of drug-likeness (QED) is 0.0261. The van der Waals surface area contributed by atoms with Crippen LogP contribution in [0.3, 0.4) is 0 Å². The standard InChI is InChI=1S/C76H138O6/c1-4-7-10-13-16-19-22-24-26-28-30-32-33-34-35-36-37-38-39-40-41-42-43-45-46-48-50-52-54-57-60-63-66-69-75(78)81-72-73(71-80-74(77)68-65-62-59-56-21-18-15-12-9-6-3)82-76(79)70-67-64-61-58-55-53-51-49-47-44-31-29-27-25-23-20-17-14-11-8-5-2/h7,10,16,19,24,26,29-32,73H,4-6,8-9,11-15,17-18,20-23,25,27-28,33-72H2,1-3H3/b10-7-,19-16-,26-24-,31-29-,32-30-. The fourth-order valence-electron chi connectivity index (χ4n) is 10.8. The number of ether oxygens (including phenoxy) is 3. The van der Waals surface area contributed by atoms with Crippen LogP contribution in [-0.2, 0) is 28.6 Å². The number of rotatable bonds is 67. The summed E-state index contributed by atoms with van der Waals surface area (Å²) in [6.45, 7) is 6.58. The summed E-state index contributed by atoms with van der Waals surface area (Å²) in [5, 5.41) is 0. The van der Waals surface area contributed by atoms with Gasteiger partial charge in [-0.05, 0) is 83.5 Å². The summed E-state index contributed by atoms with van der Waals surface area (Å²) in [5.74, 6) is -0.846. The highest BCUT2D eigenvalue weighted by Gasteiger charge is 2.19. The van der Waals surface area contributed by atoms with Gasteiger partial charge in [0.2, 0.25) is 0 Å². The van der Waals surface area contributed by atoms with Crippen LogP contribution in [0.2, 0.25) is 0 Å². The number of esters is 3. The highest BCUT2D eigenvalue weighted by Crippen LogP contribution is 2.18. The second kappa shape index (κ2) is 70.6. The zero-order chi connectivity index (χ0) is 59.2. The van der Waals surface area contributed by atoms with E-state index in [0.29, 0.717) is 19.3 Å². The van der Waals surface area contributed by atoms with E-state index in [9.17, 15) is 14.4 Å². The number of hydrogen-bond acceptors (Lipinski definition) is 6. The Hall–Kier alpha value is -2.89. The van der Waals surface area contributed by atoms with E-state index in [1.165, 1.54) is 263 Å². The molecule has 0 radical (unpaired) electrons. The number of unbranched alkanes of at least 4 members (excludes halogenated alkanes) is 46. The minimum atomic E-state index is -0.771. The lowest BCUT2D eigenvalue weighted by Crippen LogP contribution is -2.30. The van der Waals surface area contributed by atoms with E-state index < -0.39 is 6.10 Å². The third-order valence-electron chi connectivity index (χ3n) is 16.3. The first-order valence-electron chi connectivity index (χ1n) is 36.3. The number of carbonyl (C=O) groups is 3. The fourth-order valence-corrected chi connectivity index (χ4v) is 10.8. The average molecular weight is 1150 g/mol. The topological polar surface area (TPSA) is 78.9 Å². The molecule has 0 aliphatic carbocycles. The number of carbonyl (C=O) groups excluding carboxylic acids is 3. The van der Waals surface area contributed by atoms with Crippen molar-refractivity contribution in [2.75, 3.05) is 13.2 Å². The van der Waals surface area contributed by atoms with E-state index >= 15 is 0 Å². The van der Waals surface area contributed by atoms with Gasteiger partial charge in [-0.3, -0.25) is 14.4 Å². The lowest BCUT2D eigenvalue weighted by Gasteiger charge is -2.18. The highest BCUT2D eigenvalue weighted by atomic mass is 16.6. The summed E-state index contributed by atoms with van der Waals surface area (Å²) in [7, 11) is 0. The van der Waals surface area contributed by atoms with Crippen LogP contribution in [0.4, 0.5) is 0 Å². The van der Waals surface area contributed by atoms with Crippen molar-refractivity contribution in [3.63, 3.8) is 0 Å². The summed E-state index contributed by atoms with van der Waals surface area (Å²) in [4.78, 5) is 38.3. The maximum atomic E-state index is 12.9. The molecule has 0 rings (SSSR count). The van der Waals surface area contributed by atoms with Crippen molar-refractivity contribution >= 4 is 17.9 Å². The van der Waals surface area contributed by atoms with Crippen LogP contribution in [0.25, 0.3) is 0 Å². The van der Waals surface area contributed by atoms with Gasteiger partial charge in [0.05, 0.1) is 0 Å². The molecule has 82 heavy (non-hydrogen) atoms. The van der Waals surface area contributed by atoms with E-state index in [-0.39, 0.29) is 31.1 Å². The lowest BCUT2D eigenvalue weighted by atomic mass is 10.0. The van der Waals surface area contributed by atoms with Crippen LogP contribution in [-0.4, -0.2) is 37.2 Å². The molecule has 0 aliphatic heterocycles. The van der Waals surface area contributed by atoms with Gasteiger partial charge in [0.1, 0.15) is 13.2 Å². The monoisotopic (exact) mass is 1150 g/mol. The van der Waals surface area contributed by atoms with Crippen LogP contribution < -0.4 is 0 Å². The van der Waals surface area contributed by atoms with Gasteiger partial charge < -0.3 is 14.2 Å². The molecule has 1 atom stereocenters. The molecular weight excluding hydrogens is 1010 g/mol. The summed E-state index contributed by atoms with van der Waals surface area (Å²) in [6.07, 6.45) is 91.3. The van der Waals surface area contributed by atoms with E-state index in [1.807, 2.05) is 0 Å². The van der Waals surface area contributed by atoms with Gasteiger partial charge >= 0.3 is 17.9 Å². The molecule has 0 spiro atoms. The first kappa shape index (κ1) is 79.1. The molecule has 1 unspecified atom stereocenters. The smallest absolute Gasteiger partial charge is 0.306 e.